The summed E-state index contributed by atoms with van der Waals surface area (Å²) in [5.41, 5.74) is -1.39. The van der Waals surface area contributed by atoms with E-state index in [9.17, 15) is 14.7 Å². The maximum atomic E-state index is 11.0. The predicted octanol–water partition coefficient (Wildman–Crippen LogP) is 1.10. The standard InChI is InChI=1S/C12H14O5/c1-8(13)9-3-5-10(6-4-9)17-7-12(2,16)11(14)15/h3-6,16H,7H2,1-2H3,(H,14,15). The lowest BCUT2D eigenvalue weighted by atomic mass is 10.1. The molecule has 2 N–H and O–H groups in total. The molecular formula is C12H14O5. The van der Waals surface area contributed by atoms with E-state index in [0.29, 0.717) is 11.3 Å². The van der Waals surface area contributed by atoms with Crippen LogP contribution in [0.5, 0.6) is 5.75 Å². The predicted molar refractivity (Wildman–Crippen MR) is 60.2 cm³/mol. The number of carbonyl (C=O) groups excluding carboxylic acids is 1. The van der Waals surface area contributed by atoms with Gasteiger partial charge in [0.2, 0.25) is 0 Å². The molecule has 0 heterocycles. The van der Waals surface area contributed by atoms with Crippen molar-refractivity contribution in [3.63, 3.8) is 0 Å². The van der Waals surface area contributed by atoms with Crippen molar-refractivity contribution in [1.29, 1.82) is 0 Å². The number of carboxylic acid groups (broad SMARTS) is 1. The molecule has 1 rings (SSSR count). The van der Waals surface area contributed by atoms with Crippen molar-refractivity contribution >= 4 is 11.8 Å². The third-order valence-electron chi connectivity index (χ3n) is 2.24. The van der Waals surface area contributed by atoms with E-state index in [-0.39, 0.29) is 12.4 Å². The van der Waals surface area contributed by atoms with Gasteiger partial charge < -0.3 is 14.9 Å². The van der Waals surface area contributed by atoms with Gasteiger partial charge in [-0.15, -0.1) is 0 Å². The second-order valence-electron chi connectivity index (χ2n) is 3.95. The van der Waals surface area contributed by atoms with E-state index in [0.717, 1.165) is 6.92 Å². The number of hydrogen-bond acceptors (Lipinski definition) is 4. The second-order valence-corrected chi connectivity index (χ2v) is 3.95. The molecule has 1 unspecified atom stereocenters. The van der Waals surface area contributed by atoms with Crippen LogP contribution in [0.25, 0.3) is 0 Å². The molecule has 1 aromatic carbocycles. The highest BCUT2D eigenvalue weighted by atomic mass is 16.5. The Morgan fingerprint density at radius 3 is 2.24 bits per heavy atom. The van der Waals surface area contributed by atoms with Gasteiger partial charge in [0.15, 0.2) is 11.4 Å². The highest BCUT2D eigenvalue weighted by Gasteiger charge is 2.30. The Labute approximate surface area is 98.6 Å². The number of rotatable bonds is 5. The molecule has 0 radical (unpaired) electrons. The lowest BCUT2D eigenvalue weighted by Crippen LogP contribution is -2.41. The highest BCUT2D eigenvalue weighted by molar-refractivity contribution is 5.94. The van der Waals surface area contributed by atoms with Crippen LogP contribution >= 0.6 is 0 Å². The van der Waals surface area contributed by atoms with Crippen LogP contribution in [0.4, 0.5) is 0 Å². The minimum atomic E-state index is -1.93. The Kier molecular flexibility index (Phi) is 3.85. The molecule has 0 aromatic heterocycles. The molecule has 0 aliphatic heterocycles. The topological polar surface area (TPSA) is 83.8 Å². The quantitative estimate of drug-likeness (QED) is 0.750. The van der Waals surface area contributed by atoms with Crippen LogP contribution in [0.1, 0.15) is 24.2 Å². The SMILES string of the molecule is CC(=O)c1ccc(OCC(C)(O)C(=O)O)cc1. The van der Waals surface area contributed by atoms with Crippen molar-refractivity contribution in [2.75, 3.05) is 6.61 Å². The van der Waals surface area contributed by atoms with Gasteiger partial charge in [-0.1, -0.05) is 0 Å². The van der Waals surface area contributed by atoms with Crippen LogP contribution in [-0.2, 0) is 4.79 Å². The Morgan fingerprint density at radius 1 is 1.29 bits per heavy atom. The molecule has 0 aliphatic rings. The Balaban J connectivity index is 2.65. The molecule has 0 amide bonds. The first-order valence-corrected chi connectivity index (χ1v) is 5.02. The molecule has 0 saturated carbocycles. The van der Waals surface area contributed by atoms with Crippen LogP contribution in [0.3, 0.4) is 0 Å². The van der Waals surface area contributed by atoms with Gasteiger partial charge in [0.1, 0.15) is 12.4 Å². The van der Waals surface area contributed by atoms with E-state index in [1.54, 1.807) is 24.3 Å². The lowest BCUT2D eigenvalue weighted by Gasteiger charge is -2.18. The minimum Gasteiger partial charge on any atom is -0.490 e. The summed E-state index contributed by atoms with van der Waals surface area (Å²) in [5, 5.41) is 18.1. The van der Waals surface area contributed by atoms with E-state index in [1.807, 2.05) is 0 Å². The normalized spacial score (nSPS) is 13.8. The number of carboxylic acids is 1. The smallest absolute Gasteiger partial charge is 0.339 e. The Morgan fingerprint density at radius 2 is 1.82 bits per heavy atom. The van der Waals surface area contributed by atoms with Gasteiger partial charge in [0.05, 0.1) is 0 Å². The third kappa shape index (κ3) is 3.57. The average Bonchev–Trinajstić information content (AvgIpc) is 2.27. The van der Waals surface area contributed by atoms with Gasteiger partial charge in [-0.25, -0.2) is 4.79 Å². The number of Topliss-reactive ketones (excluding diaryl/α,β-unsaturated/α-hetero) is 1. The van der Waals surface area contributed by atoms with E-state index in [2.05, 4.69) is 0 Å². The summed E-state index contributed by atoms with van der Waals surface area (Å²) in [6.07, 6.45) is 0. The third-order valence-corrected chi connectivity index (χ3v) is 2.24. The van der Waals surface area contributed by atoms with Crippen LogP contribution in [-0.4, -0.2) is 34.2 Å². The second kappa shape index (κ2) is 4.97. The molecule has 1 aromatic rings. The van der Waals surface area contributed by atoms with Crippen molar-refractivity contribution in [2.45, 2.75) is 19.4 Å². The molecule has 0 fully saturated rings. The average molecular weight is 238 g/mol. The fraction of sp³-hybridized carbons (Fsp3) is 0.333. The number of aliphatic hydroxyl groups is 1. The zero-order chi connectivity index (χ0) is 13.1. The maximum absolute atomic E-state index is 11.0. The number of ether oxygens (including phenoxy) is 1. The zero-order valence-corrected chi connectivity index (χ0v) is 9.64. The molecule has 92 valence electrons. The number of benzene rings is 1. The van der Waals surface area contributed by atoms with E-state index < -0.39 is 11.6 Å². The summed E-state index contributed by atoms with van der Waals surface area (Å²) < 4.78 is 5.12. The summed E-state index contributed by atoms with van der Waals surface area (Å²) in [6, 6.07) is 6.25. The van der Waals surface area contributed by atoms with Gasteiger partial charge >= 0.3 is 5.97 Å². The van der Waals surface area contributed by atoms with Crippen LogP contribution in [0, 0.1) is 0 Å². The van der Waals surface area contributed by atoms with Crippen molar-refractivity contribution in [1.82, 2.24) is 0 Å². The monoisotopic (exact) mass is 238 g/mol. The Bertz CT molecular complexity index is 419. The molecule has 1 atom stereocenters. The van der Waals surface area contributed by atoms with Crippen LogP contribution in [0.15, 0.2) is 24.3 Å². The summed E-state index contributed by atoms with van der Waals surface area (Å²) in [7, 11) is 0. The molecule has 0 bridgehead atoms. The van der Waals surface area contributed by atoms with Crippen molar-refractivity contribution in [3.8, 4) is 5.75 Å². The Hall–Kier alpha value is -1.88. The largest absolute Gasteiger partial charge is 0.490 e. The first-order valence-electron chi connectivity index (χ1n) is 5.02. The summed E-state index contributed by atoms with van der Waals surface area (Å²) in [6.45, 7) is 2.24. The molecule has 5 heteroatoms. The molecular weight excluding hydrogens is 224 g/mol. The van der Waals surface area contributed by atoms with Crippen molar-refractivity contribution in [3.05, 3.63) is 29.8 Å². The van der Waals surface area contributed by atoms with Gasteiger partial charge in [0, 0.05) is 5.56 Å². The maximum Gasteiger partial charge on any atom is 0.339 e. The van der Waals surface area contributed by atoms with E-state index >= 15 is 0 Å². The zero-order valence-electron chi connectivity index (χ0n) is 9.64. The number of hydrogen-bond donors (Lipinski definition) is 2. The van der Waals surface area contributed by atoms with E-state index in [1.165, 1.54) is 6.92 Å². The van der Waals surface area contributed by atoms with Crippen molar-refractivity contribution in [2.24, 2.45) is 0 Å². The summed E-state index contributed by atoms with van der Waals surface area (Å²) in [4.78, 5) is 21.6. The molecule has 0 saturated heterocycles. The highest BCUT2D eigenvalue weighted by Crippen LogP contribution is 2.14. The van der Waals surface area contributed by atoms with Gasteiger partial charge in [0.25, 0.3) is 0 Å². The molecule has 17 heavy (non-hydrogen) atoms. The number of aliphatic carboxylic acids is 1. The van der Waals surface area contributed by atoms with Gasteiger partial charge in [-0.3, -0.25) is 4.79 Å². The molecule has 0 aliphatic carbocycles. The fourth-order valence-electron chi connectivity index (χ4n) is 1.07. The number of carbonyl (C=O) groups is 2. The van der Waals surface area contributed by atoms with Crippen LogP contribution in [0.2, 0.25) is 0 Å². The summed E-state index contributed by atoms with van der Waals surface area (Å²) in [5.74, 6) is -1.01. The van der Waals surface area contributed by atoms with Gasteiger partial charge in [-0.05, 0) is 38.1 Å². The lowest BCUT2D eigenvalue weighted by molar-refractivity contribution is -0.159. The first-order chi connectivity index (χ1) is 7.83. The van der Waals surface area contributed by atoms with Crippen molar-refractivity contribution < 1.29 is 24.5 Å². The molecule has 0 spiro atoms. The number of ketones is 1. The van der Waals surface area contributed by atoms with Gasteiger partial charge in [-0.2, -0.15) is 0 Å². The van der Waals surface area contributed by atoms with Crippen LogP contribution < -0.4 is 4.74 Å². The fourth-order valence-corrected chi connectivity index (χ4v) is 1.07. The first kappa shape index (κ1) is 13.2. The van der Waals surface area contributed by atoms with E-state index in [4.69, 9.17) is 9.84 Å². The summed E-state index contributed by atoms with van der Waals surface area (Å²) >= 11 is 0. The molecule has 5 nitrogen and oxygen atoms in total. The minimum absolute atomic E-state index is 0.0610.